The second kappa shape index (κ2) is 6.75. The summed E-state index contributed by atoms with van der Waals surface area (Å²) in [6.07, 6.45) is 4.07. The summed E-state index contributed by atoms with van der Waals surface area (Å²) in [5.41, 5.74) is 2.75. The highest BCUT2D eigenvalue weighted by molar-refractivity contribution is 5.95. The van der Waals surface area contributed by atoms with E-state index in [1.807, 2.05) is 37.4 Å². The maximum Gasteiger partial charge on any atom is 0.251 e. The van der Waals surface area contributed by atoms with E-state index < -0.39 is 0 Å². The quantitative estimate of drug-likeness (QED) is 0.833. The Balaban J connectivity index is 2.01. The molecule has 0 unspecified atom stereocenters. The third-order valence-electron chi connectivity index (χ3n) is 2.94. The maximum atomic E-state index is 12.2. The van der Waals surface area contributed by atoms with Crippen molar-refractivity contribution in [3.05, 3.63) is 59.5 Å². The monoisotopic (exact) mass is 258 g/mol. The molecule has 0 spiro atoms. The fourth-order valence-electron chi connectivity index (χ4n) is 1.89. The zero-order valence-electron chi connectivity index (χ0n) is 11.0. The van der Waals surface area contributed by atoms with Crippen molar-refractivity contribution in [3.8, 4) is 0 Å². The van der Waals surface area contributed by atoms with E-state index in [2.05, 4.69) is 10.6 Å². The lowest BCUT2D eigenvalue weighted by Gasteiger charge is -2.09. The average Bonchev–Trinajstić information content (AvgIpc) is 2.96. The molecule has 0 aliphatic rings. The summed E-state index contributed by atoms with van der Waals surface area (Å²) in [4.78, 5) is 12.2. The molecular formula is C15H18N2O2. The minimum absolute atomic E-state index is 0.0482. The van der Waals surface area contributed by atoms with Gasteiger partial charge in [0.15, 0.2) is 0 Å². The first-order valence-electron chi connectivity index (χ1n) is 6.33. The van der Waals surface area contributed by atoms with Gasteiger partial charge in [-0.25, -0.2) is 0 Å². The molecule has 19 heavy (non-hydrogen) atoms. The van der Waals surface area contributed by atoms with Crippen LogP contribution in [0.3, 0.4) is 0 Å². The molecule has 0 aliphatic carbocycles. The van der Waals surface area contributed by atoms with Gasteiger partial charge in [0, 0.05) is 17.7 Å². The molecular weight excluding hydrogens is 240 g/mol. The average molecular weight is 258 g/mol. The Morgan fingerprint density at radius 3 is 2.84 bits per heavy atom. The zero-order valence-corrected chi connectivity index (χ0v) is 11.0. The summed E-state index contributed by atoms with van der Waals surface area (Å²) in [6.45, 7) is 1.34. The van der Waals surface area contributed by atoms with Crippen molar-refractivity contribution in [1.82, 2.24) is 10.6 Å². The number of amides is 1. The molecule has 1 aromatic carbocycles. The van der Waals surface area contributed by atoms with E-state index in [1.54, 1.807) is 12.5 Å². The van der Waals surface area contributed by atoms with Gasteiger partial charge in [-0.3, -0.25) is 4.79 Å². The van der Waals surface area contributed by atoms with E-state index in [0.29, 0.717) is 6.54 Å². The highest BCUT2D eigenvalue weighted by Gasteiger charge is 2.10. The van der Waals surface area contributed by atoms with Crippen LogP contribution < -0.4 is 10.6 Å². The minimum atomic E-state index is -0.0482. The molecule has 0 radical (unpaired) electrons. The Bertz CT molecular complexity index is 521. The normalized spacial score (nSPS) is 10.4. The van der Waals surface area contributed by atoms with Gasteiger partial charge < -0.3 is 15.1 Å². The van der Waals surface area contributed by atoms with Crippen molar-refractivity contribution >= 4 is 5.91 Å². The van der Waals surface area contributed by atoms with Crippen LogP contribution in [-0.2, 0) is 13.0 Å². The molecule has 100 valence electrons. The lowest BCUT2D eigenvalue weighted by atomic mass is 10.0. The van der Waals surface area contributed by atoms with Gasteiger partial charge in [0.2, 0.25) is 0 Å². The van der Waals surface area contributed by atoms with Gasteiger partial charge in [0.1, 0.15) is 0 Å². The SMILES string of the molecule is CNCCc1ccccc1C(=O)NCc1ccoc1. The number of likely N-dealkylation sites (N-methyl/N-ethyl adjacent to an activating group) is 1. The number of furan rings is 1. The topological polar surface area (TPSA) is 54.3 Å². The van der Waals surface area contributed by atoms with Gasteiger partial charge in [-0.1, -0.05) is 18.2 Å². The first kappa shape index (κ1) is 13.4. The van der Waals surface area contributed by atoms with Crippen LogP contribution in [-0.4, -0.2) is 19.5 Å². The van der Waals surface area contributed by atoms with Crippen molar-refractivity contribution < 1.29 is 9.21 Å². The standard InChI is InChI=1S/C15H18N2O2/c1-16-8-6-13-4-2-3-5-14(13)15(18)17-10-12-7-9-19-11-12/h2-5,7,9,11,16H,6,8,10H2,1H3,(H,17,18). The van der Waals surface area contributed by atoms with Crippen molar-refractivity contribution in [2.75, 3.05) is 13.6 Å². The van der Waals surface area contributed by atoms with Crippen molar-refractivity contribution in [2.24, 2.45) is 0 Å². The van der Waals surface area contributed by atoms with Crippen molar-refractivity contribution in [3.63, 3.8) is 0 Å². The Labute approximate surface area is 112 Å². The second-order valence-corrected chi connectivity index (χ2v) is 4.32. The summed E-state index contributed by atoms with van der Waals surface area (Å²) in [6, 6.07) is 9.53. The van der Waals surface area contributed by atoms with Gasteiger partial charge >= 0.3 is 0 Å². The molecule has 0 fully saturated rings. The fourth-order valence-corrected chi connectivity index (χ4v) is 1.89. The highest BCUT2D eigenvalue weighted by atomic mass is 16.3. The number of hydrogen-bond donors (Lipinski definition) is 2. The van der Waals surface area contributed by atoms with Crippen molar-refractivity contribution in [1.29, 1.82) is 0 Å². The van der Waals surface area contributed by atoms with E-state index in [0.717, 1.165) is 29.7 Å². The van der Waals surface area contributed by atoms with Gasteiger partial charge in [0.25, 0.3) is 5.91 Å². The summed E-state index contributed by atoms with van der Waals surface area (Å²) in [7, 11) is 1.90. The first-order valence-corrected chi connectivity index (χ1v) is 6.33. The van der Waals surface area contributed by atoms with Crippen LogP contribution in [0.2, 0.25) is 0 Å². The summed E-state index contributed by atoms with van der Waals surface area (Å²) in [5.74, 6) is -0.0482. The fraction of sp³-hybridized carbons (Fsp3) is 0.267. The van der Waals surface area contributed by atoms with Crippen LogP contribution in [0.4, 0.5) is 0 Å². The number of rotatable bonds is 6. The molecule has 2 N–H and O–H groups in total. The number of hydrogen-bond acceptors (Lipinski definition) is 3. The molecule has 0 saturated carbocycles. The van der Waals surface area contributed by atoms with Crippen LogP contribution >= 0.6 is 0 Å². The molecule has 0 aliphatic heterocycles. The van der Waals surface area contributed by atoms with Gasteiger partial charge in [0.05, 0.1) is 12.5 Å². The molecule has 1 amide bonds. The Kier molecular flexibility index (Phi) is 4.75. The van der Waals surface area contributed by atoms with Crippen LogP contribution in [0.5, 0.6) is 0 Å². The number of carbonyl (C=O) groups excluding carboxylic acids is 1. The van der Waals surface area contributed by atoms with Gasteiger partial charge in [-0.2, -0.15) is 0 Å². The van der Waals surface area contributed by atoms with Crippen LogP contribution in [0.15, 0.2) is 47.3 Å². The van der Waals surface area contributed by atoms with E-state index in [9.17, 15) is 4.79 Å². The molecule has 0 bridgehead atoms. The summed E-state index contributed by atoms with van der Waals surface area (Å²) in [5, 5.41) is 5.99. The lowest BCUT2D eigenvalue weighted by molar-refractivity contribution is 0.0950. The van der Waals surface area contributed by atoms with Crippen LogP contribution in [0.1, 0.15) is 21.5 Å². The molecule has 4 nitrogen and oxygen atoms in total. The number of benzene rings is 1. The van der Waals surface area contributed by atoms with E-state index >= 15 is 0 Å². The second-order valence-electron chi connectivity index (χ2n) is 4.32. The third kappa shape index (κ3) is 3.69. The Morgan fingerprint density at radius 1 is 1.26 bits per heavy atom. The lowest BCUT2D eigenvalue weighted by Crippen LogP contribution is -2.24. The zero-order chi connectivity index (χ0) is 13.5. The largest absolute Gasteiger partial charge is 0.472 e. The minimum Gasteiger partial charge on any atom is -0.472 e. The first-order chi connectivity index (χ1) is 9.31. The maximum absolute atomic E-state index is 12.2. The van der Waals surface area contributed by atoms with E-state index in [1.165, 1.54) is 0 Å². The summed E-state index contributed by atoms with van der Waals surface area (Å²) < 4.78 is 4.97. The predicted molar refractivity (Wildman–Crippen MR) is 74.0 cm³/mol. The summed E-state index contributed by atoms with van der Waals surface area (Å²) >= 11 is 0. The van der Waals surface area contributed by atoms with Gasteiger partial charge in [-0.05, 0) is 37.7 Å². The predicted octanol–water partition coefficient (Wildman–Crippen LogP) is 1.97. The third-order valence-corrected chi connectivity index (χ3v) is 2.94. The van der Waals surface area contributed by atoms with Gasteiger partial charge in [-0.15, -0.1) is 0 Å². The molecule has 2 rings (SSSR count). The Hall–Kier alpha value is -2.07. The number of carbonyl (C=O) groups is 1. The molecule has 1 aromatic heterocycles. The molecule has 0 saturated heterocycles. The number of nitrogens with one attached hydrogen (secondary N) is 2. The molecule has 0 atom stereocenters. The molecule has 2 aromatic rings. The van der Waals surface area contributed by atoms with Crippen molar-refractivity contribution in [2.45, 2.75) is 13.0 Å². The smallest absolute Gasteiger partial charge is 0.251 e. The van der Waals surface area contributed by atoms with Crippen LogP contribution in [0, 0.1) is 0 Å². The highest BCUT2D eigenvalue weighted by Crippen LogP contribution is 2.10. The molecule has 1 heterocycles. The van der Waals surface area contributed by atoms with Crippen LogP contribution in [0.25, 0.3) is 0 Å². The van der Waals surface area contributed by atoms with E-state index in [-0.39, 0.29) is 5.91 Å². The van der Waals surface area contributed by atoms with E-state index in [4.69, 9.17) is 4.42 Å². The Morgan fingerprint density at radius 2 is 2.11 bits per heavy atom. The molecule has 4 heteroatoms.